The van der Waals surface area contributed by atoms with E-state index in [1.165, 1.54) is 12.2 Å². The second kappa shape index (κ2) is 24.6. The minimum absolute atomic E-state index is 0.0195. The molecule has 2 unspecified atom stereocenters. The van der Waals surface area contributed by atoms with Crippen LogP contribution in [-0.2, 0) is 63.0 Å². The Morgan fingerprint density at radius 2 is 1.08 bits per heavy atom. The third-order valence-corrected chi connectivity index (χ3v) is 14.4. The number of carboxylic acids is 1. The zero-order valence-corrected chi connectivity index (χ0v) is 40.0. The highest BCUT2D eigenvalue weighted by Gasteiger charge is 2.44. The molecule has 2 amide bonds. The van der Waals surface area contributed by atoms with Crippen LogP contribution in [0, 0.1) is 11.6 Å². The van der Waals surface area contributed by atoms with Gasteiger partial charge in [-0.05, 0) is 88.8 Å². The lowest BCUT2D eigenvalue weighted by molar-refractivity contribution is -0.144. The van der Waals surface area contributed by atoms with E-state index in [4.69, 9.17) is 77.3 Å². The molecule has 0 spiro atoms. The van der Waals surface area contributed by atoms with Gasteiger partial charge in [-0.3, -0.25) is 19.2 Å². The number of nitrogens with zero attached hydrogens (tertiary/aromatic N) is 2. The van der Waals surface area contributed by atoms with Crippen LogP contribution in [0.3, 0.4) is 0 Å². The Bertz CT molecular complexity index is 2410. The average molecular weight is 1060 g/mol. The van der Waals surface area contributed by atoms with Gasteiger partial charge in [-0.25, -0.2) is 43.8 Å². The molecule has 1 N–H and O–H groups in total. The summed E-state index contributed by atoms with van der Waals surface area (Å²) in [6.07, 6.45) is 2.34. The van der Waals surface area contributed by atoms with E-state index < -0.39 is 114 Å². The molecule has 358 valence electrons. The van der Waals surface area contributed by atoms with E-state index in [9.17, 15) is 54.4 Å². The van der Waals surface area contributed by atoms with Gasteiger partial charge >= 0.3 is 23.9 Å². The van der Waals surface area contributed by atoms with Crippen molar-refractivity contribution in [2.24, 2.45) is 0 Å². The molecule has 2 aliphatic rings. The number of amides is 2. The smallest absolute Gasteiger partial charge is 0.335 e. The first kappa shape index (κ1) is 55.3. The number of ether oxygens (including phenoxy) is 3. The van der Waals surface area contributed by atoms with Crippen LogP contribution in [0.1, 0.15) is 78.1 Å². The number of sulfonamides is 2. The van der Waals surface area contributed by atoms with E-state index in [-0.39, 0.29) is 58.6 Å². The van der Waals surface area contributed by atoms with Crippen molar-refractivity contribution < 1.29 is 73.7 Å². The Morgan fingerprint density at radius 1 is 0.677 bits per heavy atom. The fourth-order valence-corrected chi connectivity index (χ4v) is 11.3. The molecule has 0 aromatic heterocycles. The van der Waals surface area contributed by atoms with Crippen molar-refractivity contribution in [2.75, 3.05) is 28.4 Å². The topological polar surface area (TPSA) is 225 Å². The van der Waals surface area contributed by atoms with Crippen molar-refractivity contribution >= 4 is 125 Å². The van der Waals surface area contributed by atoms with Gasteiger partial charge in [-0.2, -0.15) is 0 Å². The minimum atomic E-state index is -4.62. The number of hydrogen-bond donors (Lipinski definition) is 1. The molecular weight excluding hydrogens is 1010 g/mol. The first-order chi connectivity index (χ1) is 30.4. The number of hydrogen-bond acceptors (Lipinski definition) is 13. The van der Waals surface area contributed by atoms with Crippen LogP contribution < -0.4 is 8.61 Å². The molecule has 0 saturated carbocycles. The molecule has 25 heteroatoms. The van der Waals surface area contributed by atoms with Crippen LogP contribution >= 0.6 is 58.0 Å². The predicted molar refractivity (Wildman–Crippen MR) is 238 cm³/mol. The summed E-state index contributed by atoms with van der Waals surface area (Å²) >= 11 is 28.6. The first-order valence-corrected chi connectivity index (χ1v) is 24.5. The number of halogens is 7. The highest BCUT2D eigenvalue weighted by Crippen LogP contribution is 2.37. The van der Waals surface area contributed by atoms with E-state index in [0.717, 1.165) is 36.4 Å². The number of aliphatic carboxylic acids is 1. The molecule has 2 aromatic rings. The van der Waals surface area contributed by atoms with Crippen LogP contribution in [0.25, 0.3) is 0 Å². The largest absolute Gasteiger partial charge is 0.481 e. The SMILES string of the molecule is CCOC(=O)C1=CCCCC1S(=O)(=O)N(C(=O)CCC(=O)O)c1ccc(F)cc1Cl.CCOC(=O)C1=CCCCC1S(=O)(=O)N(C(=O)CCC(=O)OCC(Cl)(Cl)Cl)c1ccc(F)cc1Cl. The van der Waals surface area contributed by atoms with Crippen molar-refractivity contribution in [3.63, 3.8) is 0 Å². The molecule has 0 fully saturated rings. The lowest BCUT2D eigenvalue weighted by atomic mass is 9.99. The number of allylic oxidation sites excluding steroid dienone is 2. The molecule has 0 saturated heterocycles. The Labute approximate surface area is 398 Å². The van der Waals surface area contributed by atoms with E-state index in [0.29, 0.717) is 34.3 Å². The number of rotatable bonds is 17. The Kier molecular flexibility index (Phi) is 21.0. The summed E-state index contributed by atoms with van der Waals surface area (Å²) in [6.45, 7) is 2.62. The minimum Gasteiger partial charge on any atom is -0.481 e. The van der Waals surface area contributed by atoms with Crippen LogP contribution in [0.5, 0.6) is 0 Å². The molecule has 0 heterocycles. The lowest BCUT2D eigenvalue weighted by Crippen LogP contribution is -2.45. The third-order valence-electron chi connectivity index (χ3n) is 9.22. The Balaban J connectivity index is 0.000000349. The fraction of sp³-hybridized carbons (Fsp3) is 0.450. The zero-order valence-electron chi connectivity index (χ0n) is 34.6. The van der Waals surface area contributed by atoms with Gasteiger partial charge in [-0.1, -0.05) is 70.2 Å². The maximum atomic E-state index is 13.7. The monoisotopic (exact) mass is 1050 g/mol. The van der Waals surface area contributed by atoms with Crippen molar-refractivity contribution in [2.45, 2.75) is 92.3 Å². The number of carbonyl (C=O) groups excluding carboxylic acids is 5. The van der Waals surface area contributed by atoms with Gasteiger partial charge in [0.25, 0.3) is 0 Å². The van der Waals surface area contributed by atoms with Crippen molar-refractivity contribution in [3.05, 3.63) is 81.4 Å². The van der Waals surface area contributed by atoms with Gasteiger partial charge in [-0.15, -0.1) is 0 Å². The van der Waals surface area contributed by atoms with Crippen molar-refractivity contribution in [1.82, 2.24) is 0 Å². The number of esters is 3. The standard InChI is InChI=1S/C21H22Cl4FNO7S.C19H21ClFNO7S/c1-2-33-20(30)14-5-3-4-6-17(14)35(31,32)27(16-8-7-13(26)11-15(16)22)18(28)9-10-19(29)34-12-21(23,24)25;1-2-29-19(26)13-5-3-4-6-16(13)30(27,28)22(17(23)9-10-18(24)25)15-8-7-12(21)11-14(15)20/h5,7-8,11,17H,2-4,6,9-10,12H2,1H3;5,7-8,11,16H,2-4,6,9-10H2,1H3,(H,24,25). The normalized spacial score (nSPS) is 16.4. The lowest BCUT2D eigenvalue weighted by Gasteiger charge is -2.30. The van der Waals surface area contributed by atoms with Crippen LogP contribution in [0.4, 0.5) is 20.2 Å². The molecule has 4 rings (SSSR count). The zero-order chi connectivity index (χ0) is 48.9. The second-order valence-electron chi connectivity index (χ2n) is 13.9. The highest BCUT2D eigenvalue weighted by atomic mass is 35.6. The van der Waals surface area contributed by atoms with Crippen LogP contribution in [0.2, 0.25) is 10.0 Å². The molecule has 16 nitrogen and oxygen atoms in total. The van der Waals surface area contributed by atoms with Crippen LogP contribution in [0.15, 0.2) is 59.7 Å². The highest BCUT2D eigenvalue weighted by molar-refractivity contribution is 7.94. The van der Waals surface area contributed by atoms with E-state index in [1.807, 2.05) is 0 Å². The van der Waals surface area contributed by atoms with E-state index in [1.54, 1.807) is 13.8 Å². The number of alkyl halides is 3. The number of anilines is 2. The Hall–Kier alpha value is -4.05. The quantitative estimate of drug-likeness (QED) is 0.0903. The van der Waals surface area contributed by atoms with Crippen molar-refractivity contribution in [1.29, 1.82) is 0 Å². The van der Waals surface area contributed by atoms with Crippen LogP contribution in [-0.4, -0.2) is 91.7 Å². The van der Waals surface area contributed by atoms with Gasteiger partial charge in [0.2, 0.25) is 35.7 Å². The number of carboxylic acid groups (broad SMARTS) is 1. The van der Waals surface area contributed by atoms with Gasteiger partial charge in [0.1, 0.15) is 28.7 Å². The molecule has 0 radical (unpaired) electrons. The van der Waals surface area contributed by atoms with Gasteiger partial charge in [0.05, 0.1) is 58.6 Å². The molecule has 2 atom stereocenters. The first-order valence-electron chi connectivity index (χ1n) is 19.6. The molecule has 0 bridgehead atoms. The fourth-order valence-electron chi connectivity index (χ4n) is 6.41. The molecular formula is C40H43Cl5F2N2O14S2. The molecule has 2 aliphatic carbocycles. The summed E-state index contributed by atoms with van der Waals surface area (Å²) in [5.74, 6) is -7.47. The summed E-state index contributed by atoms with van der Waals surface area (Å²) < 4.78 is 95.1. The van der Waals surface area contributed by atoms with E-state index >= 15 is 0 Å². The third kappa shape index (κ3) is 15.5. The van der Waals surface area contributed by atoms with Gasteiger partial charge in [0, 0.05) is 12.8 Å². The second-order valence-corrected chi connectivity index (χ2v) is 21.1. The molecule has 0 aliphatic heterocycles. The summed E-state index contributed by atoms with van der Waals surface area (Å²) in [6, 6.07) is 5.57. The summed E-state index contributed by atoms with van der Waals surface area (Å²) in [5.41, 5.74) is -0.864. The summed E-state index contributed by atoms with van der Waals surface area (Å²) in [4.78, 5) is 73.5. The van der Waals surface area contributed by atoms with Gasteiger partial charge in [0.15, 0.2) is 0 Å². The van der Waals surface area contributed by atoms with Crippen molar-refractivity contribution in [3.8, 4) is 0 Å². The maximum Gasteiger partial charge on any atom is 0.335 e. The van der Waals surface area contributed by atoms with Gasteiger partial charge < -0.3 is 19.3 Å². The Morgan fingerprint density at radius 3 is 1.43 bits per heavy atom. The maximum absolute atomic E-state index is 13.7. The average Bonchev–Trinajstić information content (AvgIpc) is 3.23. The summed E-state index contributed by atoms with van der Waals surface area (Å²) in [5, 5.41) is 5.35. The number of carbonyl (C=O) groups is 6. The predicted octanol–water partition coefficient (Wildman–Crippen LogP) is 7.93. The number of benzene rings is 2. The molecule has 65 heavy (non-hydrogen) atoms. The molecule has 2 aromatic carbocycles. The summed E-state index contributed by atoms with van der Waals surface area (Å²) in [7, 11) is -9.17. The van der Waals surface area contributed by atoms with E-state index in [2.05, 4.69) is 0 Å².